The summed E-state index contributed by atoms with van der Waals surface area (Å²) in [5, 5.41) is 6.90. The number of nitrogens with zero attached hydrogens (tertiary/aromatic N) is 3. The Balaban J connectivity index is 1.20. The molecule has 1 aliphatic rings. The van der Waals surface area contributed by atoms with Crippen molar-refractivity contribution in [2.75, 3.05) is 19.7 Å². The molecule has 3 aromatic rings. The minimum Gasteiger partial charge on any atom is -0.494 e. The van der Waals surface area contributed by atoms with Gasteiger partial charge in [0.2, 0.25) is 17.6 Å². The maximum atomic E-state index is 12.7. The minimum atomic E-state index is -0.0703. The molecule has 9 heteroatoms. The maximum absolute atomic E-state index is 12.7. The second-order valence-corrected chi connectivity index (χ2v) is 7.58. The lowest BCUT2D eigenvalue weighted by Crippen LogP contribution is -2.46. The van der Waals surface area contributed by atoms with Crippen LogP contribution in [0.4, 0.5) is 0 Å². The molecule has 1 aromatic carbocycles. The fourth-order valence-corrected chi connectivity index (χ4v) is 3.65. The molecule has 0 saturated carbocycles. The molecule has 0 aliphatic carbocycles. The van der Waals surface area contributed by atoms with Crippen molar-refractivity contribution in [2.24, 2.45) is 0 Å². The normalized spacial score (nSPS) is 14.3. The molecule has 1 saturated heterocycles. The average molecular weight is 438 g/mol. The molecule has 1 fully saturated rings. The highest BCUT2D eigenvalue weighted by molar-refractivity contribution is 5.94. The quantitative estimate of drug-likeness (QED) is 0.575. The second kappa shape index (κ2) is 10.1. The van der Waals surface area contributed by atoms with Crippen LogP contribution in [0.2, 0.25) is 0 Å². The van der Waals surface area contributed by atoms with Gasteiger partial charge >= 0.3 is 0 Å². The van der Waals surface area contributed by atoms with Gasteiger partial charge in [0.1, 0.15) is 5.75 Å². The van der Waals surface area contributed by atoms with E-state index in [1.807, 2.05) is 24.0 Å². The predicted molar refractivity (Wildman–Crippen MR) is 115 cm³/mol. The molecule has 1 aliphatic heterocycles. The van der Waals surface area contributed by atoms with Gasteiger partial charge in [0.25, 0.3) is 5.91 Å². The molecule has 2 aromatic heterocycles. The van der Waals surface area contributed by atoms with Gasteiger partial charge in [0.05, 0.1) is 12.9 Å². The van der Waals surface area contributed by atoms with Crippen molar-refractivity contribution < 1.29 is 23.3 Å². The highest BCUT2D eigenvalue weighted by Gasteiger charge is 2.25. The van der Waals surface area contributed by atoms with Crippen LogP contribution in [0.15, 0.2) is 51.6 Å². The zero-order valence-electron chi connectivity index (χ0n) is 18.0. The SMILES string of the molecule is CCOc1ccc(C(=O)N2CCC(NC(=O)CCc3nc(-c4ccco4)no3)CC2)cc1. The van der Waals surface area contributed by atoms with Gasteiger partial charge < -0.3 is 23.9 Å². The van der Waals surface area contributed by atoms with Crippen LogP contribution in [0, 0.1) is 0 Å². The topological polar surface area (TPSA) is 111 Å². The van der Waals surface area contributed by atoms with Crippen LogP contribution in [-0.2, 0) is 11.2 Å². The largest absolute Gasteiger partial charge is 0.494 e. The van der Waals surface area contributed by atoms with Gasteiger partial charge in [-0.1, -0.05) is 5.16 Å². The molecule has 168 valence electrons. The molecule has 2 amide bonds. The minimum absolute atomic E-state index is 0.00146. The van der Waals surface area contributed by atoms with E-state index in [2.05, 4.69) is 15.5 Å². The number of furan rings is 1. The van der Waals surface area contributed by atoms with E-state index >= 15 is 0 Å². The Morgan fingerprint density at radius 3 is 2.66 bits per heavy atom. The van der Waals surface area contributed by atoms with Crippen LogP contribution in [-0.4, -0.2) is 52.6 Å². The van der Waals surface area contributed by atoms with Crippen LogP contribution in [0.1, 0.15) is 42.4 Å². The number of aryl methyl sites for hydroxylation is 1. The Morgan fingerprint density at radius 2 is 1.97 bits per heavy atom. The van der Waals surface area contributed by atoms with E-state index in [1.54, 1.807) is 24.3 Å². The van der Waals surface area contributed by atoms with E-state index in [1.165, 1.54) is 6.26 Å². The summed E-state index contributed by atoms with van der Waals surface area (Å²) in [5.74, 6) is 1.97. The number of nitrogens with one attached hydrogen (secondary N) is 1. The molecule has 0 atom stereocenters. The number of hydrogen-bond donors (Lipinski definition) is 1. The highest BCUT2D eigenvalue weighted by atomic mass is 16.5. The van der Waals surface area contributed by atoms with Gasteiger partial charge in [-0.05, 0) is 56.2 Å². The van der Waals surface area contributed by atoms with Crippen molar-refractivity contribution in [3.63, 3.8) is 0 Å². The monoisotopic (exact) mass is 438 g/mol. The number of aromatic nitrogens is 2. The van der Waals surface area contributed by atoms with Gasteiger partial charge in [-0.15, -0.1) is 0 Å². The molecule has 32 heavy (non-hydrogen) atoms. The van der Waals surface area contributed by atoms with Crippen LogP contribution >= 0.6 is 0 Å². The Morgan fingerprint density at radius 1 is 1.19 bits per heavy atom. The first-order valence-corrected chi connectivity index (χ1v) is 10.8. The van der Waals surface area contributed by atoms with Crippen LogP contribution < -0.4 is 10.1 Å². The van der Waals surface area contributed by atoms with Crippen molar-refractivity contribution in [1.29, 1.82) is 0 Å². The van der Waals surface area contributed by atoms with Crippen molar-refractivity contribution in [3.8, 4) is 17.3 Å². The third kappa shape index (κ3) is 5.35. The Hall–Kier alpha value is -3.62. The van der Waals surface area contributed by atoms with Crippen LogP contribution in [0.3, 0.4) is 0 Å². The first-order valence-electron chi connectivity index (χ1n) is 10.8. The fraction of sp³-hybridized carbons (Fsp3) is 0.391. The summed E-state index contributed by atoms with van der Waals surface area (Å²) in [6.45, 7) is 3.72. The van der Waals surface area contributed by atoms with Gasteiger partial charge in [0.15, 0.2) is 5.76 Å². The standard InChI is InChI=1S/C23H26N4O5/c1-2-30-18-7-5-16(6-8-18)23(29)27-13-11-17(12-14-27)24-20(28)9-10-21-25-22(26-32-21)19-4-3-15-31-19/h3-8,15,17H,2,9-14H2,1H3,(H,24,28). The summed E-state index contributed by atoms with van der Waals surface area (Å²) in [6.07, 6.45) is 3.59. The number of hydrogen-bond acceptors (Lipinski definition) is 7. The van der Waals surface area contributed by atoms with Crippen LogP contribution in [0.5, 0.6) is 5.75 Å². The number of piperidine rings is 1. The summed E-state index contributed by atoms with van der Waals surface area (Å²) in [6, 6.07) is 10.7. The zero-order valence-corrected chi connectivity index (χ0v) is 18.0. The Labute approximate surface area is 185 Å². The van der Waals surface area contributed by atoms with Gasteiger partial charge in [-0.3, -0.25) is 9.59 Å². The molecule has 1 N–H and O–H groups in total. The highest BCUT2D eigenvalue weighted by Crippen LogP contribution is 2.18. The average Bonchev–Trinajstić information content (AvgIpc) is 3.51. The molecule has 4 rings (SSSR count). The summed E-state index contributed by atoms with van der Waals surface area (Å²) < 4.78 is 15.8. The van der Waals surface area contributed by atoms with Crippen molar-refractivity contribution in [2.45, 2.75) is 38.6 Å². The lowest BCUT2D eigenvalue weighted by Gasteiger charge is -2.32. The molecule has 0 unspecified atom stereocenters. The molecule has 0 bridgehead atoms. The number of benzene rings is 1. The molecular weight excluding hydrogens is 412 g/mol. The fourth-order valence-electron chi connectivity index (χ4n) is 3.65. The number of amides is 2. The maximum Gasteiger partial charge on any atom is 0.253 e. The molecule has 3 heterocycles. The molecular formula is C23H26N4O5. The first-order chi connectivity index (χ1) is 15.6. The molecule has 9 nitrogen and oxygen atoms in total. The molecule has 0 radical (unpaired) electrons. The number of ether oxygens (including phenoxy) is 1. The van der Waals surface area contributed by atoms with E-state index in [9.17, 15) is 9.59 Å². The first kappa shape index (κ1) is 21.6. The van der Waals surface area contributed by atoms with E-state index in [4.69, 9.17) is 13.7 Å². The lowest BCUT2D eigenvalue weighted by molar-refractivity contribution is -0.122. The summed E-state index contributed by atoms with van der Waals surface area (Å²) in [4.78, 5) is 31.1. The zero-order chi connectivity index (χ0) is 22.3. The van der Waals surface area contributed by atoms with E-state index < -0.39 is 0 Å². The lowest BCUT2D eigenvalue weighted by atomic mass is 10.0. The second-order valence-electron chi connectivity index (χ2n) is 7.58. The number of carbonyl (C=O) groups excluding carboxylic acids is 2. The van der Waals surface area contributed by atoms with E-state index in [-0.39, 0.29) is 24.3 Å². The third-order valence-electron chi connectivity index (χ3n) is 5.34. The van der Waals surface area contributed by atoms with Gasteiger partial charge in [-0.25, -0.2) is 0 Å². The van der Waals surface area contributed by atoms with E-state index in [0.717, 1.165) is 18.6 Å². The predicted octanol–water partition coefficient (Wildman–Crippen LogP) is 3.08. The number of likely N-dealkylation sites (tertiary alicyclic amines) is 1. The number of rotatable bonds is 8. The third-order valence-corrected chi connectivity index (χ3v) is 5.34. The van der Waals surface area contributed by atoms with Crippen molar-refractivity contribution in [3.05, 3.63) is 54.1 Å². The smallest absolute Gasteiger partial charge is 0.253 e. The molecule has 0 spiro atoms. The summed E-state index contributed by atoms with van der Waals surface area (Å²) in [7, 11) is 0. The summed E-state index contributed by atoms with van der Waals surface area (Å²) in [5.41, 5.74) is 0.643. The van der Waals surface area contributed by atoms with E-state index in [0.29, 0.717) is 49.2 Å². The Kier molecular flexibility index (Phi) is 6.84. The van der Waals surface area contributed by atoms with Crippen molar-refractivity contribution in [1.82, 2.24) is 20.4 Å². The van der Waals surface area contributed by atoms with Crippen molar-refractivity contribution >= 4 is 11.8 Å². The summed E-state index contributed by atoms with van der Waals surface area (Å²) >= 11 is 0. The Bertz CT molecular complexity index is 1020. The van der Waals surface area contributed by atoms with Crippen LogP contribution in [0.25, 0.3) is 11.6 Å². The number of carbonyl (C=O) groups is 2. The van der Waals surface area contributed by atoms with Gasteiger partial charge in [-0.2, -0.15) is 4.98 Å². The van der Waals surface area contributed by atoms with Gasteiger partial charge in [0, 0.05) is 37.5 Å².